The van der Waals surface area contributed by atoms with Crippen molar-refractivity contribution in [2.24, 2.45) is 0 Å². The number of halogens is 2. The van der Waals surface area contributed by atoms with Gasteiger partial charge in [-0.3, -0.25) is 4.79 Å². The highest BCUT2D eigenvalue weighted by Crippen LogP contribution is 2.29. The van der Waals surface area contributed by atoms with Crippen molar-refractivity contribution in [1.29, 1.82) is 0 Å². The van der Waals surface area contributed by atoms with E-state index in [4.69, 9.17) is 0 Å². The van der Waals surface area contributed by atoms with Gasteiger partial charge in [-0.15, -0.1) is 0 Å². The molecule has 4 aromatic rings. The smallest absolute Gasteiger partial charge is 0.277 e. The standard InChI is InChI=1S/C23H19F2N5O/c1-14-13-21(29(27-14)16-11-9-15(24)10-12-16)26-23(31)22-17-5-4-8-19(17)30(28-22)20-7-3-2-6-18(20)25/h2-3,6-7,9-13H,4-5,8H2,1H3,(H,26,31). The summed E-state index contributed by atoms with van der Waals surface area (Å²) < 4.78 is 30.8. The van der Waals surface area contributed by atoms with E-state index in [2.05, 4.69) is 15.5 Å². The lowest BCUT2D eigenvalue weighted by Crippen LogP contribution is -2.17. The number of para-hydroxylation sites is 1. The van der Waals surface area contributed by atoms with E-state index in [1.807, 2.05) is 0 Å². The van der Waals surface area contributed by atoms with E-state index in [1.165, 1.54) is 22.9 Å². The molecule has 31 heavy (non-hydrogen) atoms. The number of aromatic nitrogens is 4. The highest BCUT2D eigenvalue weighted by molar-refractivity contribution is 6.04. The van der Waals surface area contributed by atoms with Crippen molar-refractivity contribution in [2.75, 3.05) is 5.32 Å². The first kappa shape index (κ1) is 19.2. The second-order valence-corrected chi connectivity index (χ2v) is 7.50. The molecular weight excluding hydrogens is 400 g/mol. The Hall–Kier alpha value is -3.81. The SMILES string of the molecule is Cc1cc(NC(=O)c2nn(-c3ccccc3F)c3c2CCC3)n(-c2ccc(F)cc2)n1. The average molecular weight is 419 g/mol. The topological polar surface area (TPSA) is 64.7 Å². The minimum Gasteiger partial charge on any atom is -0.305 e. The van der Waals surface area contributed by atoms with Crippen LogP contribution in [0.25, 0.3) is 11.4 Å². The molecule has 0 atom stereocenters. The maximum atomic E-state index is 14.4. The fourth-order valence-electron chi connectivity index (χ4n) is 3.99. The van der Waals surface area contributed by atoms with Crippen molar-refractivity contribution in [3.05, 3.63) is 88.9 Å². The molecule has 0 bridgehead atoms. The number of aryl methyl sites for hydroxylation is 1. The zero-order valence-corrected chi connectivity index (χ0v) is 16.8. The van der Waals surface area contributed by atoms with Crippen LogP contribution in [0, 0.1) is 18.6 Å². The number of carbonyl (C=O) groups is 1. The van der Waals surface area contributed by atoms with E-state index in [1.54, 1.807) is 48.0 Å². The summed E-state index contributed by atoms with van der Waals surface area (Å²) in [6.45, 7) is 1.81. The Morgan fingerprint density at radius 1 is 1.00 bits per heavy atom. The lowest BCUT2D eigenvalue weighted by molar-refractivity contribution is 0.102. The van der Waals surface area contributed by atoms with Gasteiger partial charge < -0.3 is 5.32 Å². The number of carbonyl (C=O) groups excluding carboxylic acids is 1. The number of hydrogen-bond acceptors (Lipinski definition) is 3. The minimum atomic E-state index is -0.392. The van der Waals surface area contributed by atoms with Crippen LogP contribution in [0.4, 0.5) is 14.6 Å². The number of nitrogens with one attached hydrogen (secondary N) is 1. The van der Waals surface area contributed by atoms with Crippen LogP contribution in [0.15, 0.2) is 54.6 Å². The highest BCUT2D eigenvalue weighted by Gasteiger charge is 2.28. The molecule has 0 saturated carbocycles. The van der Waals surface area contributed by atoms with Gasteiger partial charge in [0.25, 0.3) is 5.91 Å². The van der Waals surface area contributed by atoms with Gasteiger partial charge in [0.05, 0.1) is 11.4 Å². The third-order valence-electron chi connectivity index (χ3n) is 5.37. The fourth-order valence-corrected chi connectivity index (χ4v) is 3.99. The summed E-state index contributed by atoms with van der Waals surface area (Å²) in [6, 6.07) is 14.0. The molecule has 1 N–H and O–H groups in total. The van der Waals surface area contributed by atoms with Crippen molar-refractivity contribution in [2.45, 2.75) is 26.2 Å². The van der Waals surface area contributed by atoms with E-state index < -0.39 is 11.7 Å². The molecule has 1 amide bonds. The van der Waals surface area contributed by atoms with Gasteiger partial charge in [-0.05, 0) is 62.6 Å². The number of hydrogen-bond donors (Lipinski definition) is 1. The molecule has 156 valence electrons. The molecule has 2 heterocycles. The molecule has 0 radical (unpaired) electrons. The number of nitrogens with zero attached hydrogens (tertiary/aromatic N) is 4. The average Bonchev–Trinajstić information content (AvgIpc) is 3.44. The molecule has 0 unspecified atom stereocenters. The van der Waals surface area contributed by atoms with Gasteiger partial charge in [-0.25, -0.2) is 18.1 Å². The van der Waals surface area contributed by atoms with E-state index >= 15 is 0 Å². The second-order valence-electron chi connectivity index (χ2n) is 7.50. The Morgan fingerprint density at radius 3 is 2.55 bits per heavy atom. The van der Waals surface area contributed by atoms with Crippen LogP contribution < -0.4 is 5.32 Å². The van der Waals surface area contributed by atoms with Gasteiger partial charge >= 0.3 is 0 Å². The number of amides is 1. The first-order valence-corrected chi connectivity index (χ1v) is 10.0. The zero-order valence-electron chi connectivity index (χ0n) is 16.8. The fraction of sp³-hybridized carbons (Fsp3) is 0.174. The van der Waals surface area contributed by atoms with Gasteiger partial charge in [0, 0.05) is 17.3 Å². The largest absolute Gasteiger partial charge is 0.305 e. The van der Waals surface area contributed by atoms with Crippen LogP contribution in [0.1, 0.15) is 33.9 Å². The Morgan fingerprint density at radius 2 is 1.77 bits per heavy atom. The summed E-state index contributed by atoms with van der Waals surface area (Å²) >= 11 is 0. The van der Waals surface area contributed by atoms with E-state index in [9.17, 15) is 13.6 Å². The molecule has 5 rings (SSSR count). The molecule has 0 fully saturated rings. The summed E-state index contributed by atoms with van der Waals surface area (Å²) in [5.41, 5.74) is 3.62. The van der Waals surface area contributed by atoms with E-state index in [0.717, 1.165) is 24.1 Å². The summed E-state index contributed by atoms with van der Waals surface area (Å²) in [6.07, 6.45) is 2.33. The van der Waals surface area contributed by atoms with E-state index in [-0.39, 0.29) is 11.5 Å². The summed E-state index contributed by atoms with van der Waals surface area (Å²) in [5.74, 6) is -0.693. The van der Waals surface area contributed by atoms with Crippen molar-refractivity contribution >= 4 is 11.7 Å². The van der Waals surface area contributed by atoms with Crippen molar-refractivity contribution in [1.82, 2.24) is 19.6 Å². The predicted octanol–water partition coefficient (Wildman–Crippen LogP) is 4.39. The maximum absolute atomic E-state index is 14.4. The Bertz CT molecular complexity index is 1290. The summed E-state index contributed by atoms with van der Waals surface area (Å²) in [5, 5.41) is 11.7. The number of rotatable bonds is 4. The first-order chi connectivity index (χ1) is 15.0. The van der Waals surface area contributed by atoms with Gasteiger partial charge in [0.15, 0.2) is 5.69 Å². The predicted molar refractivity (Wildman–Crippen MR) is 112 cm³/mol. The minimum absolute atomic E-state index is 0.278. The molecule has 2 aromatic carbocycles. The highest BCUT2D eigenvalue weighted by atomic mass is 19.1. The quantitative estimate of drug-likeness (QED) is 0.534. The number of benzene rings is 2. The van der Waals surface area contributed by atoms with Gasteiger partial charge in [-0.2, -0.15) is 10.2 Å². The molecule has 1 aliphatic rings. The normalized spacial score (nSPS) is 12.7. The maximum Gasteiger partial charge on any atom is 0.277 e. The molecule has 2 aromatic heterocycles. The van der Waals surface area contributed by atoms with Gasteiger partial charge in [-0.1, -0.05) is 12.1 Å². The molecule has 0 aliphatic heterocycles. The second kappa shape index (κ2) is 7.46. The molecule has 6 nitrogen and oxygen atoms in total. The number of anilines is 1. The molecule has 8 heteroatoms. The third kappa shape index (κ3) is 3.39. The van der Waals surface area contributed by atoms with Crippen molar-refractivity contribution in [3.8, 4) is 11.4 Å². The zero-order chi connectivity index (χ0) is 21.5. The third-order valence-corrected chi connectivity index (χ3v) is 5.37. The van der Waals surface area contributed by atoms with Crippen LogP contribution in [0.5, 0.6) is 0 Å². The molecule has 0 spiro atoms. The van der Waals surface area contributed by atoms with Crippen LogP contribution in [-0.4, -0.2) is 25.5 Å². The molecule has 0 saturated heterocycles. The van der Waals surface area contributed by atoms with Crippen LogP contribution in [0.2, 0.25) is 0 Å². The van der Waals surface area contributed by atoms with Gasteiger partial charge in [0.1, 0.15) is 23.1 Å². The Labute approximate surface area is 177 Å². The Balaban J connectivity index is 1.51. The molecular formula is C23H19F2N5O. The van der Waals surface area contributed by atoms with Crippen LogP contribution >= 0.6 is 0 Å². The summed E-state index contributed by atoms with van der Waals surface area (Å²) in [7, 11) is 0. The monoisotopic (exact) mass is 419 g/mol. The summed E-state index contributed by atoms with van der Waals surface area (Å²) in [4.78, 5) is 13.2. The first-order valence-electron chi connectivity index (χ1n) is 10.0. The van der Waals surface area contributed by atoms with Crippen LogP contribution in [0.3, 0.4) is 0 Å². The number of fused-ring (bicyclic) bond motifs is 1. The van der Waals surface area contributed by atoms with Crippen molar-refractivity contribution < 1.29 is 13.6 Å². The lowest BCUT2D eigenvalue weighted by Gasteiger charge is -2.09. The Kier molecular flexibility index (Phi) is 4.62. The van der Waals surface area contributed by atoms with E-state index in [0.29, 0.717) is 29.3 Å². The molecule has 1 aliphatic carbocycles. The lowest BCUT2D eigenvalue weighted by atomic mass is 10.2. The van der Waals surface area contributed by atoms with Crippen molar-refractivity contribution in [3.63, 3.8) is 0 Å². The van der Waals surface area contributed by atoms with Crippen LogP contribution in [-0.2, 0) is 12.8 Å². The van der Waals surface area contributed by atoms with Gasteiger partial charge in [0.2, 0.25) is 0 Å².